The quantitative estimate of drug-likeness (QED) is 0.196. The summed E-state index contributed by atoms with van der Waals surface area (Å²) < 4.78 is 10.8. The second-order valence-electron chi connectivity index (χ2n) is 6.45. The Labute approximate surface area is 182 Å². The molecular weight excluding hydrogens is 467 g/mol. The van der Waals surface area contributed by atoms with E-state index in [-0.39, 0.29) is 24.0 Å². The maximum Gasteiger partial charge on any atom is 0.193 e. The van der Waals surface area contributed by atoms with Gasteiger partial charge in [0.05, 0.1) is 19.7 Å². The van der Waals surface area contributed by atoms with Gasteiger partial charge in [0.1, 0.15) is 11.5 Å². The minimum absolute atomic E-state index is 0. The number of benzene rings is 2. The topological polar surface area (TPSA) is 84.7 Å². The van der Waals surface area contributed by atoms with Crippen LogP contribution in [-0.2, 0) is 6.42 Å². The van der Waals surface area contributed by atoms with Crippen LogP contribution in [-0.4, -0.2) is 31.7 Å². The third kappa shape index (κ3) is 5.54. The van der Waals surface area contributed by atoms with Gasteiger partial charge in [0.25, 0.3) is 0 Å². The number of nitrogens with zero attached hydrogens (tertiary/aromatic N) is 1. The average Bonchev–Trinajstić information content (AvgIpc) is 3.09. The molecule has 0 aliphatic carbocycles. The largest absolute Gasteiger partial charge is 0.497 e. The highest BCUT2D eigenvalue weighted by Crippen LogP contribution is 2.31. The van der Waals surface area contributed by atoms with Crippen molar-refractivity contribution in [3.63, 3.8) is 0 Å². The van der Waals surface area contributed by atoms with Crippen LogP contribution in [0.1, 0.15) is 17.7 Å². The van der Waals surface area contributed by atoms with Gasteiger partial charge in [-0.3, -0.25) is 4.99 Å². The third-order valence-corrected chi connectivity index (χ3v) is 4.40. The number of guanidine groups is 1. The van der Waals surface area contributed by atoms with Crippen molar-refractivity contribution >= 4 is 46.5 Å². The average molecular weight is 494 g/mol. The van der Waals surface area contributed by atoms with Crippen molar-refractivity contribution in [3.8, 4) is 11.5 Å². The van der Waals surface area contributed by atoms with E-state index in [2.05, 4.69) is 28.3 Å². The number of aromatic amines is 1. The standard InChI is InChI=1S/C21H26N4O2.HI/c1-14-6-8-15(9-7-14)25-21(22)23-10-4-5-16-11-18-19(24-16)12-17(26-2)13-20(18)27-3;/h6-9,11-13,24H,4-5,10H2,1-3H3,(H3,22,23,25);1H. The molecule has 150 valence electrons. The van der Waals surface area contributed by atoms with Gasteiger partial charge in [0.15, 0.2) is 5.96 Å². The summed E-state index contributed by atoms with van der Waals surface area (Å²) in [5, 5.41) is 4.16. The monoisotopic (exact) mass is 494 g/mol. The van der Waals surface area contributed by atoms with E-state index < -0.39 is 0 Å². The van der Waals surface area contributed by atoms with Gasteiger partial charge in [0, 0.05) is 35.4 Å². The second-order valence-corrected chi connectivity index (χ2v) is 6.45. The van der Waals surface area contributed by atoms with E-state index in [0.29, 0.717) is 12.5 Å². The lowest BCUT2D eigenvalue weighted by Gasteiger charge is -2.05. The van der Waals surface area contributed by atoms with Gasteiger partial charge in [-0.05, 0) is 38.0 Å². The van der Waals surface area contributed by atoms with E-state index in [9.17, 15) is 0 Å². The molecule has 0 saturated carbocycles. The second kappa shape index (κ2) is 10.2. The van der Waals surface area contributed by atoms with Crippen LogP contribution in [0.25, 0.3) is 10.9 Å². The highest BCUT2D eigenvalue weighted by atomic mass is 127. The first-order chi connectivity index (χ1) is 13.1. The molecule has 7 heteroatoms. The zero-order chi connectivity index (χ0) is 19.2. The number of halogens is 1. The predicted molar refractivity (Wildman–Crippen MR) is 126 cm³/mol. The molecule has 0 bridgehead atoms. The number of H-pyrrole nitrogens is 1. The Kier molecular flexibility index (Phi) is 7.98. The minimum atomic E-state index is 0. The molecule has 28 heavy (non-hydrogen) atoms. The first-order valence-corrected chi connectivity index (χ1v) is 8.96. The fourth-order valence-corrected chi connectivity index (χ4v) is 2.95. The predicted octanol–water partition coefficient (Wildman–Crippen LogP) is 4.47. The van der Waals surface area contributed by atoms with Crippen LogP contribution in [0.3, 0.4) is 0 Å². The van der Waals surface area contributed by atoms with Crippen LogP contribution in [0.4, 0.5) is 5.69 Å². The van der Waals surface area contributed by atoms with Crippen LogP contribution in [0.15, 0.2) is 47.5 Å². The number of anilines is 1. The minimum Gasteiger partial charge on any atom is -0.497 e. The lowest BCUT2D eigenvalue weighted by Crippen LogP contribution is -2.22. The van der Waals surface area contributed by atoms with Crippen LogP contribution in [0.5, 0.6) is 11.5 Å². The van der Waals surface area contributed by atoms with Crippen molar-refractivity contribution in [2.75, 3.05) is 26.1 Å². The molecule has 0 amide bonds. The van der Waals surface area contributed by atoms with Gasteiger partial charge in [0.2, 0.25) is 0 Å². The fraction of sp³-hybridized carbons (Fsp3) is 0.286. The Hall–Kier alpha value is -2.42. The first kappa shape index (κ1) is 21.9. The number of hydrogen-bond donors (Lipinski definition) is 3. The Balaban J connectivity index is 0.00000280. The highest BCUT2D eigenvalue weighted by molar-refractivity contribution is 14.0. The zero-order valence-electron chi connectivity index (χ0n) is 16.4. The molecule has 0 radical (unpaired) electrons. The Morgan fingerprint density at radius 1 is 1.11 bits per heavy atom. The number of ether oxygens (including phenoxy) is 2. The molecule has 6 nitrogen and oxygen atoms in total. The first-order valence-electron chi connectivity index (χ1n) is 8.96. The molecule has 0 unspecified atom stereocenters. The molecule has 0 saturated heterocycles. The van der Waals surface area contributed by atoms with Gasteiger partial charge in [-0.2, -0.15) is 0 Å². The van der Waals surface area contributed by atoms with Crippen LogP contribution in [0, 0.1) is 6.92 Å². The van der Waals surface area contributed by atoms with E-state index in [1.54, 1.807) is 14.2 Å². The lowest BCUT2D eigenvalue weighted by atomic mass is 10.2. The maximum absolute atomic E-state index is 5.96. The molecule has 3 rings (SSSR count). The van der Waals surface area contributed by atoms with Crippen molar-refractivity contribution < 1.29 is 9.47 Å². The summed E-state index contributed by atoms with van der Waals surface area (Å²) in [4.78, 5) is 7.82. The number of methoxy groups -OCH3 is 2. The molecule has 0 aliphatic heterocycles. The van der Waals surface area contributed by atoms with Crippen molar-refractivity contribution in [3.05, 3.63) is 53.7 Å². The number of nitrogens with two attached hydrogens (primary N) is 1. The maximum atomic E-state index is 5.96. The summed E-state index contributed by atoms with van der Waals surface area (Å²) in [5.74, 6) is 2.01. The summed E-state index contributed by atoms with van der Waals surface area (Å²) in [6.07, 6.45) is 1.77. The third-order valence-electron chi connectivity index (χ3n) is 4.40. The summed E-state index contributed by atoms with van der Waals surface area (Å²) in [6, 6.07) is 14.0. The van der Waals surface area contributed by atoms with Gasteiger partial charge >= 0.3 is 0 Å². The molecule has 0 fully saturated rings. The number of fused-ring (bicyclic) bond motifs is 1. The molecule has 2 aromatic carbocycles. The number of hydrogen-bond acceptors (Lipinski definition) is 3. The summed E-state index contributed by atoms with van der Waals surface area (Å²) in [7, 11) is 3.32. The lowest BCUT2D eigenvalue weighted by molar-refractivity contribution is 0.398. The summed E-state index contributed by atoms with van der Waals surface area (Å²) in [6.45, 7) is 2.71. The van der Waals surface area contributed by atoms with Crippen molar-refractivity contribution in [1.82, 2.24) is 4.98 Å². The fourth-order valence-electron chi connectivity index (χ4n) is 2.95. The molecular formula is C21H27IN4O2. The summed E-state index contributed by atoms with van der Waals surface area (Å²) >= 11 is 0. The van der Waals surface area contributed by atoms with Crippen LogP contribution >= 0.6 is 24.0 Å². The van der Waals surface area contributed by atoms with Crippen molar-refractivity contribution in [2.24, 2.45) is 10.7 Å². The van der Waals surface area contributed by atoms with Gasteiger partial charge < -0.3 is 25.5 Å². The SMILES string of the molecule is COc1cc(OC)c2cc(CCCN=C(N)Nc3ccc(C)cc3)[nH]c2c1.I. The number of aliphatic imine (C=N–C) groups is 1. The number of aryl methyl sites for hydroxylation is 2. The summed E-state index contributed by atoms with van der Waals surface area (Å²) in [5.41, 5.74) is 10.3. The smallest absolute Gasteiger partial charge is 0.193 e. The van der Waals surface area contributed by atoms with Crippen LogP contribution < -0.4 is 20.5 Å². The highest BCUT2D eigenvalue weighted by Gasteiger charge is 2.09. The Morgan fingerprint density at radius 2 is 1.86 bits per heavy atom. The van der Waals surface area contributed by atoms with Crippen LogP contribution in [0.2, 0.25) is 0 Å². The number of nitrogens with one attached hydrogen (secondary N) is 2. The zero-order valence-corrected chi connectivity index (χ0v) is 18.7. The van der Waals surface area contributed by atoms with Gasteiger partial charge in [-0.25, -0.2) is 0 Å². The molecule has 0 spiro atoms. The Morgan fingerprint density at radius 3 is 2.54 bits per heavy atom. The Bertz CT molecular complexity index is 935. The molecule has 0 aliphatic rings. The van der Waals surface area contributed by atoms with E-state index in [1.807, 2.05) is 36.4 Å². The van der Waals surface area contributed by atoms with E-state index >= 15 is 0 Å². The molecule has 0 atom stereocenters. The van der Waals surface area contributed by atoms with E-state index in [0.717, 1.165) is 46.6 Å². The van der Waals surface area contributed by atoms with E-state index in [1.165, 1.54) is 5.56 Å². The van der Waals surface area contributed by atoms with Crippen molar-refractivity contribution in [1.29, 1.82) is 0 Å². The molecule has 1 aromatic heterocycles. The molecule has 1 heterocycles. The van der Waals surface area contributed by atoms with E-state index in [4.69, 9.17) is 15.2 Å². The van der Waals surface area contributed by atoms with Gasteiger partial charge in [-0.15, -0.1) is 24.0 Å². The normalized spacial score (nSPS) is 11.2. The van der Waals surface area contributed by atoms with Crippen molar-refractivity contribution in [2.45, 2.75) is 19.8 Å². The van der Waals surface area contributed by atoms with Gasteiger partial charge in [-0.1, -0.05) is 17.7 Å². The molecule has 3 aromatic rings. The molecule has 4 N–H and O–H groups in total. The number of aromatic nitrogens is 1. The number of rotatable bonds is 7.